The van der Waals surface area contributed by atoms with E-state index >= 15 is 0 Å². The first-order valence-corrected chi connectivity index (χ1v) is 9.25. The van der Waals surface area contributed by atoms with Crippen molar-refractivity contribution in [1.29, 1.82) is 0 Å². The molecule has 26 heavy (non-hydrogen) atoms. The molecule has 5 nitrogen and oxygen atoms in total. The molecule has 2 aromatic rings. The largest absolute Gasteiger partial charge is 0.493 e. The first-order chi connectivity index (χ1) is 12.8. The maximum Gasteiger partial charge on any atom is 0.142 e. The van der Waals surface area contributed by atoms with Gasteiger partial charge in [0, 0.05) is 36.5 Å². The molecule has 1 aromatic carbocycles. The fraction of sp³-hybridized carbons (Fsp3) is 0.450. The van der Waals surface area contributed by atoms with Gasteiger partial charge in [0.05, 0.1) is 12.8 Å². The Morgan fingerprint density at radius 1 is 1.31 bits per heavy atom. The molecular formula is C20H24FN3O2. The van der Waals surface area contributed by atoms with Crippen LogP contribution < -0.4 is 20.1 Å². The first kappa shape index (κ1) is 17.2. The Morgan fingerprint density at radius 2 is 2.27 bits per heavy atom. The van der Waals surface area contributed by atoms with Crippen LogP contribution in [-0.4, -0.2) is 30.8 Å². The number of pyridine rings is 1. The lowest BCUT2D eigenvalue weighted by atomic mass is 10.0. The molecule has 138 valence electrons. The van der Waals surface area contributed by atoms with Crippen LogP contribution in [0.5, 0.6) is 11.5 Å². The van der Waals surface area contributed by atoms with Crippen LogP contribution in [0.2, 0.25) is 0 Å². The van der Waals surface area contributed by atoms with Crippen molar-refractivity contribution < 1.29 is 13.9 Å². The Balaban J connectivity index is 1.48. The SMILES string of the molecule is Fc1ccc2c(c1)C(NCc1ccncc1O[C@H]1CCNC1)CCCO2. The molecule has 2 aliphatic rings. The molecule has 4 rings (SSSR count). The molecule has 0 saturated carbocycles. The maximum absolute atomic E-state index is 13.7. The predicted octanol–water partition coefficient (Wildman–Crippen LogP) is 2.96. The quantitative estimate of drug-likeness (QED) is 0.862. The van der Waals surface area contributed by atoms with E-state index < -0.39 is 0 Å². The first-order valence-electron chi connectivity index (χ1n) is 9.25. The zero-order chi connectivity index (χ0) is 17.8. The molecule has 1 fully saturated rings. The van der Waals surface area contributed by atoms with E-state index in [1.165, 1.54) is 6.07 Å². The zero-order valence-electron chi connectivity index (χ0n) is 14.7. The predicted molar refractivity (Wildman–Crippen MR) is 96.8 cm³/mol. The molecule has 0 radical (unpaired) electrons. The van der Waals surface area contributed by atoms with Crippen molar-refractivity contribution >= 4 is 0 Å². The average Bonchev–Trinajstić information content (AvgIpc) is 3.08. The summed E-state index contributed by atoms with van der Waals surface area (Å²) in [4.78, 5) is 4.20. The van der Waals surface area contributed by atoms with Gasteiger partial charge in [-0.15, -0.1) is 0 Å². The molecule has 2 N–H and O–H groups in total. The minimum Gasteiger partial charge on any atom is -0.493 e. The number of fused-ring (bicyclic) bond motifs is 1. The minimum absolute atomic E-state index is 0.0531. The van der Waals surface area contributed by atoms with Gasteiger partial charge in [-0.2, -0.15) is 0 Å². The third-order valence-electron chi connectivity index (χ3n) is 4.96. The van der Waals surface area contributed by atoms with Crippen LogP contribution in [-0.2, 0) is 6.54 Å². The molecule has 1 unspecified atom stereocenters. The van der Waals surface area contributed by atoms with Gasteiger partial charge in [0.2, 0.25) is 0 Å². The lowest BCUT2D eigenvalue weighted by Crippen LogP contribution is -2.23. The maximum atomic E-state index is 13.7. The monoisotopic (exact) mass is 357 g/mol. The van der Waals surface area contributed by atoms with Gasteiger partial charge in [0.25, 0.3) is 0 Å². The Bertz CT molecular complexity index is 750. The average molecular weight is 357 g/mol. The van der Waals surface area contributed by atoms with Gasteiger partial charge in [-0.05, 0) is 50.1 Å². The standard InChI is InChI=1S/C20H24FN3O2/c21-15-3-4-19-17(10-15)18(2-1-9-25-19)24-11-14-5-7-23-13-20(14)26-16-6-8-22-12-16/h3-5,7,10,13,16,18,22,24H,1-2,6,8-9,11-12H2/t16-,18?/m0/s1. The van der Waals surface area contributed by atoms with E-state index in [0.717, 1.165) is 55.0 Å². The fourth-order valence-electron chi connectivity index (χ4n) is 3.56. The lowest BCUT2D eigenvalue weighted by molar-refractivity contribution is 0.219. The van der Waals surface area contributed by atoms with Crippen molar-refractivity contribution in [2.45, 2.75) is 38.0 Å². The van der Waals surface area contributed by atoms with Gasteiger partial charge >= 0.3 is 0 Å². The van der Waals surface area contributed by atoms with Gasteiger partial charge in [0.15, 0.2) is 0 Å². The van der Waals surface area contributed by atoms with Gasteiger partial charge in [-0.3, -0.25) is 4.98 Å². The Labute approximate surface area is 152 Å². The van der Waals surface area contributed by atoms with Gasteiger partial charge in [-0.25, -0.2) is 4.39 Å². The van der Waals surface area contributed by atoms with Crippen LogP contribution >= 0.6 is 0 Å². The highest BCUT2D eigenvalue weighted by Crippen LogP contribution is 2.32. The third-order valence-corrected chi connectivity index (χ3v) is 4.96. The summed E-state index contributed by atoms with van der Waals surface area (Å²) in [7, 11) is 0. The molecule has 0 amide bonds. The molecular weight excluding hydrogens is 333 g/mol. The highest BCUT2D eigenvalue weighted by molar-refractivity contribution is 5.37. The fourth-order valence-corrected chi connectivity index (χ4v) is 3.56. The summed E-state index contributed by atoms with van der Waals surface area (Å²) in [6, 6.07) is 6.78. The van der Waals surface area contributed by atoms with Crippen molar-refractivity contribution in [3.63, 3.8) is 0 Å². The number of nitrogens with one attached hydrogen (secondary N) is 2. The van der Waals surface area contributed by atoms with Crippen LogP contribution in [0.1, 0.15) is 36.4 Å². The number of aromatic nitrogens is 1. The summed E-state index contributed by atoms with van der Waals surface area (Å²) in [5, 5.41) is 6.87. The van der Waals surface area contributed by atoms with Gasteiger partial charge in [-0.1, -0.05) is 0 Å². The normalized spacial score (nSPS) is 22.3. The summed E-state index contributed by atoms with van der Waals surface area (Å²) in [5.41, 5.74) is 1.95. The smallest absolute Gasteiger partial charge is 0.142 e. The molecule has 0 bridgehead atoms. The summed E-state index contributed by atoms with van der Waals surface area (Å²) < 4.78 is 25.6. The third kappa shape index (κ3) is 3.97. The van der Waals surface area contributed by atoms with E-state index in [1.54, 1.807) is 24.5 Å². The highest BCUT2D eigenvalue weighted by Gasteiger charge is 2.21. The Kier molecular flexibility index (Phi) is 5.32. The molecule has 3 heterocycles. The number of rotatable bonds is 5. The van der Waals surface area contributed by atoms with Crippen LogP contribution in [0.4, 0.5) is 4.39 Å². The number of nitrogens with zero attached hydrogens (tertiary/aromatic N) is 1. The number of benzene rings is 1. The molecule has 0 spiro atoms. The Morgan fingerprint density at radius 3 is 3.15 bits per heavy atom. The number of halogens is 1. The van der Waals surface area contributed by atoms with Gasteiger partial charge < -0.3 is 20.1 Å². The molecule has 6 heteroatoms. The van der Waals surface area contributed by atoms with Crippen LogP contribution in [0.3, 0.4) is 0 Å². The summed E-state index contributed by atoms with van der Waals surface area (Å²) in [5.74, 6) is 1.35. The molecule has 1 saturated heterocycles. The number of ether oxygens (including phenoxy) is 2. The van der Waals surface area contributed by atoms with E-state index in [2.05, 4.69) is 15.6 Å². The molecule has 2 atom stereocenters. The molecule has 0 aliphatic carbocycles. The molecule has 1 aromatic heterocycles. The van der Waals surface area contributed by atoms with Crippen LogP contribution in [0.25, 0.3) is 0 Å². The van der Waals surface area contributed by atoms with Crippen molar-refractivity contribution in [3.8, 4) is 11.5 Å². The van der Waals surface area contributed by atoms with Crippen molar-refractivity contribution in [1.82, 2.24) is 15.6 Å². The molecule has 2 aliphatic heterocycles. The second kappa shape index (κ2) is 8.01. The summed E-state index contributed by atoms with van der Waals surface area (Å²) in [6.45, 7) is 3.16. The summed E-state index contributed by atoms with van der Waals surface area (Å²) >= 11 is 0. The van der Waals surface area contributed by atoms with E-state index in [9.17, 15) is 4.39 Å². The van der Waals surface area contributed by atoms with Crippen LogP contribution in [0.15, 0.2) is 36.7 Å². The topological polar surface area (TPSA) is 55.4 Å². The van der Waals surface area contributed by atoms with Crippen molar-refractivity contribution in [2.24, 2.45) is 0 Å². The zero-order valence-corrected chi connectivity index (χ0v) is 14.7. The lowest BCUT2D eigenvalue weighted by Gasteiger charge is -2.20. The summed E-state index contributed by atoms with van der Waals surface area (Å²) in [6.07, 6.45) is 6.60. The van der Waals surface area contributed by atoms with E-state index in [0.29, 0.717) is 13.2 Å². The second-order valence-corrected chi connectivity index (χ2v) is 6.82. The number of hydrogen-bond donors (Lipinski definition) is 2. The van der Waals surface area contributed by atoms with Crippen molar-refractivity contribution in [2.75, 3.05) is 19.7 Å². The van der Waals surface area contributed by atoms with E-state index in [1.807, 2.05) is 6.07 Å². The van der Waals surface area contributed by atoms with E-state index in [-0.39, 0.29) is 18.0 Å². The van der Waals surface area contributed by atoms with Crippen molar-refractivity contribution in [3.05, 3.63) is 53.6 Å². The minimum atomic E-state index is -0.234. The number of hydrogen-bond acceptors (Lipinski definition) is 5. The van der Waals surface area contributed by atoms with Gasteiger partial charge in [0.1, 0.15) is 23.4 Å². The van der Waals surface area contributed by atoms with Crippen LogP contribution in [0, 0.1) is 5.82 Å². The Hall–Kier alpha value is -2.18. The second-order valence-electron chi connectivity index (χ2n) is 6.82. The van der Waals surface area contributed by atoms with E-state index in [4.69, 9.17) is 9.47 Å². The highest BCUT2D eigenvalue weighted by atomic mass is 19.1.